The van der Waals surface area contributed by atoms with Crippen LogP contribution in [0.15, 0.2) is 36.5 Å². The topological polar surface area (TPSA) is 101 Å². The lowest BCUT2D eigenvalue weighted by Crippen LogP contribution is -2.35. The molecule has 1 N–H and O–H groups in total. The van der Waals surface area contributed by atoms with Crippen LogP contribution in [0.5, 0.6) is 5.75 Å². The van der Waals surface area contributed by atoms with Crippen molar-refractivity contribution in [2.24, 2.45) is 0 Å². The van der Waals surface area contributed by atoms with E-state index < -0.39 is 24.1 Å². The molecule has 7 nitrogen and oxygen atoms in total. The molecule has 0 aliphatic carbocycles. The van der Waals surface area contributed by atoms with E-state index >= 15 is 0 Å². The first-order valence-corrected chi connectivity index (χ1v) is 8.55. The number of nitrogens with one attached hydrogen (secondary N) is 1. The number of hydrogen-bond donors (Lipinski definition) is 1. The number of pyridine rings is 1. The third-order valence-electron chi connectivity index (χ3n) is 3.34. The van der Waals surface area contributed by atoms with E-state index in [1.165, 1.54) is 26.1 Å². The van der Waals surface area contributed by atoms with Gasteiger partial charge in [0, 0.05) is 6.20 Å². The van der Waals surface area contributed by atoms with Gasteiger partial charge in [-0.1, -0.05) is 23.2 Å². The number of amides is 1. The summed E-state index contributed by atoms with van der Waals surface area (Å²) in [5.74, 6) is -0.827. The minimum atomic E-state index is -1.10. The van der Waals surface area contributed by atoms with E-state index in [-0.39, 0.29) is 10.8 Å². The van der Waals surface area contributed by atoms with E-state index in [4.69, 9.17) is 37.9 Å². The number of rotatable bonds is 6. The van der Waals surface area contributed by atoms with Gasteiger partial charge in [-0.3, -0.25) is 4.79 Å². The van der Waals surface area contributed by atoms with Gasteiger partial charge >= 0.3 is 5.97 Å². The van der Waals surface area contributed by atoms with Crippen molar-refractivity contribution in [1.29, 1.82) is 5.26 Å². The summed E-state index contributed by atoms with van der Waals surface area (Å²) in [6.45, 7) is 2.90. The molecular weight excluding hydrogens is 393 g/mol. The molecule has 0 radical (unpaired) electrons. The Bertz CT molecular complexity index is 881. The molecule has 27 heavy (non-hydrogen) atoms. The number of carbonyl (C=O) groups excluding carboxylic acids is 2. The lowest BCUT2D eigenvalue weighted by molar-refractivity contribution is -0.159. The highest BCUT2D eigenvalue weighted by atomic mass is 35.5. The summed E-state index contributed by atoms with van der Waals surface area (Å²) < 4.78 is 10.5. The summed E-state index contributed by atoms with van der Waals surface area (Å²) in [6, 6.07) is 9.66. The highest BCUT2D eigenvalue weighted by molar-refractivity contribution is 6.36. The van der Waals surface area contributed by atoms with E-state index in [0.717, 1.165) is 0 Å². The Balaban J connectivity index is 1.91. The molecule has 0 spiro atoms. The molecule has 0 saturated carbocycles. The van der Waals surface area contributed by atoms with E-state index in [0.29, 0.717) is 16.3 Å². The van der Waals surface area contributed by atoms with Crippen LogP contribution in [-0.2, 0) is 14.3 Å². The van der Waals surface area contributed by atoms with E-state index in [2.05, 4.69) is 10.3 Å². The van der Waals surface area contributed by atoms with Crippen molar-refractivity contribution < 1.29 is 19.1 Å². The molecule has 9 heteroatoms. The Morgan fingerprint density at radius 3 is 2.44 bits per heavy atom. The predicted octanol–water partition coefficient (Wildman–Crippen LogP) is 3.60. The van der Waals surface area contributed by atoms with Gasteiger partial charge in [0.1, 0.15) is 5.75 Å². The molecule has 140 valence electrons. The Labute approximate surface area is 165 Å². The lowest BCUT2D eigenvalue weighted by Gasteiger charge is -2.18. The molecule has 0 fully saturated rings. The number of esters is 1. The summed E-state index contributed by atoms with van der Waals surface area (Å²) in [4.78, 5) is 28.2. The highest BCUT2D eigenvalue weighted by Gasteiger charge is 2.24. The van der Waals surface area contributed by atoms with Crippen molar-refractivity contribution in [3.05, 3.63) is 52.1 Å². The zero-order valence-electron chi connectivity index (χ0n) is 14.4. The van der Waals surface area contributed by atoms with Gasteiger partial charge in [-0.15, -0.1) is 0 Å². The van der Waals surface area contributed by atoms with Crippen molar-refractivity contribution in [3.8, 4) is 11.8 Å². The first kappa shape index (κ1) is 20.5. The smallest absolute Gasteiger partial charge is 0.347 e. The van der Waals surface area contributed by atoms with Crippen LogP contribution >= 0.6 is 23.2 Å². The minimum Gasteiger partial charge on any atom is -0.479 e. The van der Waals surface area contributed by atoms with Gasteiger partial charge in [0.25, 0.3) is 5.91 Å². The van der Waals surface area contributed by atoms with Crippen LogP contribution in [0.2, 0.25) is 10.0 Å². The number of halogens is 2. The molecule has 2 atom stereocenters. The van der Waals surface area contributed by atoms with E-state index in [9.17, 15) is 9.59 Å². The predicted molar refractivity (Wildman–Crippen MR) is 99.7 cm³/mol. The van der Waals surface area contributed by atoms with Crippen LogP contribution in [0.25, 0.3) is 0 Å². The average Bonchev–Trinajstić information content (AvgIpc) is 2.64. The van der Waals surface area contributed by atoms with Gasteiger partial charge in [-0.25, -0.2) is 9.78 Å². The summed E-state index contributed by atoms with van der Waals surface area (Å²) in [5, 5.41) is 11.7. The molecule has 2 rings (SSSR count). The Hall–Kier alpha value is -2.82. The number of hydrogen-bond acceptors (Lipinski definition) is 6. The molecule has 1 aromatic heterocycles. The number of carbonyl (C=O) groups is 2. The monoisotopic (exact) mass is 407 g/mol. The summed E-state index contributed by atoms with van der Waals surface area (Å²) >= 11 is 11.7. The maximum atomic E-state index is 12.1. The van der Waals surface area contributed by atoms with Gasteiger partial charge in [-0.2, -0.15) is 5.26 Å². The molecule has 0 saturated heterocycles. The first-order chi connectivity index (χ1) is 12.8. The number of ether oxygens (including phenoxy) is 2. The molecule has 0 aliphatic rings. The fourth-order valence-corrected chi connectivity index (χ4v) is 2.34. The van der Waals surface area contributed by atoms with Gasteiger partial charge in [-0.05, 0) is 44.2 Å². The lowest BCUT2D eigenvalue weighted by atomic mass is 10.2. The summed E-state index contributed by atoms with van der Waals surface area (Å²) in [5.41, 5.74) is 0.470. The number of nitrogens with zero attached hydrogens (tertiary/aromatic N) is 2. The number of benzene rings is 1. The molecule has 1 aromatic carbocycles. The minimum absolute atomic E-state index is 0.107. The zero-order chi connectivity index (χ0) is 20.0. The number of nitriles is 1. The van der Waals surface area contributed by atoms with Crippen LogP contribution in [0.3, 0.4) is 0 Å². The third-order valence-corrected chi connectivity index (χ3v) is 3.83. The van der Waals surface area contributed by atoms with Crippen molar-refractivity contribution in [3.63, 3.8) is 0 Å². The fraction of sp³-hybridized carbons (Fsp3) is 0.222. The SMILES string of the molecule is C[C@H](Oc1ccc(C#N)cc1)C(=O)O[C@H](C)C(=O)Nc1ncc(Cl)cc1Cl. The summed E-state index contributed by atoms with van der Waals surface area (Å²) in [6.07, 6.45) is -0.726. The average molecular weight is 408 g/mol. The standard InChI is InChI=1S/C18H15Cl2N3O4/c1-10(17(24)23-16-15(20)7-13(19)9-22-16)27-18(25)11(2)26-14-5-3-12(8-21)4-6-14/h3-7,9-11H,1-2H3,(H,22,23,24)/t10-,11+/m1/s1. The van der Waals surface area contributed by atoms with Crippen molar-refractivity contribution >= 4 is 40.9 Å². The molecule has 1 heterocycles. The van der Waals surface area contributed by atoms with Crippen LogP contribution in [-0.4, -0.2) is 29.1 Å². The van der Waals surface area contributed by atoms with Gasteiger partial charge in [0.2, 0.25) is 0 Å². The molecular formula is C18H15Cl2N3O4. The zero-order valence-corrected chi connectivity index (χ0v) is 15.9. The first-order valence-electron chi connectivity index (χ1n) is 7.79. The molecule has 0 aliphatic heterocycles. The maximum Gasteiger partial charge on any atom is 0.347 e. The Kier molecular flexibility index (Phi) is 6.99. The Morgan fingerprint density at radius 2 is 1.85 bits per heavy atom. The molecule has 0 bridgehead atoms. The quantitative estimate of drug-likeness (QED) is 0.733. The largest absolute Gasteiger partial charge is 0.479 e. The highest BCUT2D eigenvalue weighted by Crippen LogP contribution is 2.22. The molecule has 0 unspecified atom stereocenters. The van der Waals surface area contributed by atoms with E-state index in [1.807, 2.05) is 6.07 Å². The Morgan fingerprint density at radius 1 is 1.19 bits per heavy atom. The van der Waals surface area contributed by atoms with Gasteiger partial charge < -0.3 is 14.8 Å². The second kappa shape index (κ2) is 9.21. The van der Waals surface area contributed by atoms with Gasteiger partial charge in [0.15, 0.2) is 18.0 Å². The number of aromatic nitrogens is 1. The van der Waals surface area contributed by atoms with Crippen molar-refractivity contribution in [2.75, 3.05) is 5.32 Å². The van der Waals surface area contributed by atoms with Crippen molar-refractivity contribution in [1.82, 2.24) is 4.98 Å². The fourth-order valence-electron chi connectivity index (χ4n) is 1.91. The van der Waals surface area contributed by atoms with Crippen LogP contribution < -0.4 is 10.1 Å². The van der Waals surface area contributed by atoms with Crippen molar-refractivity contribution in [2.45, 2.75) is 26.1 Å². The molecule has 1 amide bonds. The van der Waals surface area contributed by atoms with Crippen LogP contribution in [0.4, 0.5) is 5.82 Å². The second-order valence-corrected chi connectivity index (χ2v) is 6.29. The maximum absolute atomic E-state index is 12.1. The van der Waals surface area contributed by atoms with Gasteiger partial charge in [0.05, 0.1) is 21.7 Å². The number of anilines is 1. The molecule has 2 aromatic rings. The second-order valence-electron chi connectivity index (χ2n) is 5.45. The van der Waals surface area contributed by atoms with E-state index in [1.54, 1.807) is 24.3 Å². The normalized spacial score (nSPS) is 12.4. The van der Waals surface area contributed by atoms with Crippen LogP contribution in [0.1, 0.15) is 19.4 Å². The summed E-state index contributed by atoms with van der Waals surface area (Å²) in [7, 11) is 0. The third kappa shape index (κ3) is 5.84. The van der Waals surface area contributed by atoms with Crippen LogP contribution in [0, 0.1) is 11.3 Å².